The highest BCUT2D eigenvalue weighted by Crippen LogP contribution is 2.28. The average Bonchev–Trinajstić information content (AvgIpc) is 2.72. The van der Waals surface area contributed by atoms with Crippen molar-refractivity contribution in [1.82, 2.24) is 10.3 Å². The highest BCUT2D eigenvalue weighted by molar-refractivity contribution is 9.10. The molecule has 0 bridgehead atoms. The van der Waals surface area contributed by atoms with E-state index in [2.05, 4.69) is 30.9 Å². The third kappa shape index (κ3) is 2.88. The lowest BCUT2D eigenvalue weighted by molar-refractivity contribution is 0.268. The van der Waals surface area contributed by atoms with E-state index < -0.39 is 0 Å². The molecule has 1 aromatic carbocycles. The summed E-state index contributed by atoms with van der Waals surface area (Å²) in [5.74, 6) is 0.738. The van der Waals surface area contributed by atoms with E-state index in [1.54, 1.807) is 0 Å². The summed E-state index contributed by atoms with van der Waals surface area (Å²) in [5, 5.41) is 7.48. The van der Waals surface area contributed by atoms with E-state index in [0.29, 0.717) is 12.3 Å². The molecule has 0 spiro atoms. The lowest BCUT2D eigenvalue weighted by atomic mass is 10.1. The molecule has 2 rings (SSSR count). The summed E-state index contributed by atoms with van der Waals surface area (Å²) in [6, 6.07) is 5.68. The summed E-state index contributed by atoms with van der Waals surface area (Å²) in [5.41, 5.74) is 8.27. The van der Waals surface area contributed by atoms with Gasteiger partial charge >= 0.3 is 0 Å². The molecular weight excluding hydrogens is 298 g/mol. The van der Waals surface area contributed by atoms with Gasteiger partial charge in [-0.05, 0) is 26.0 Å². The van der Waals surface area contributed by atoms with Gasteiger partial charge in [0.2, 0.25) is 0 Å². The smallest absolute Gasteiger partial charge is 0.145 e. The summed E-state index contributed by atoms with van der Waals surface area (Å²) < 4.78 is 11.3. The Hall–Kier alpha value is -1.40. The first-order valence-corrected chi connectivity index (χ1v) is 6.33. The number of aromatic nitrogens is 2. The maximum Gasteiger partial charge on any atom is 0.145 e. The number of nitrogens with two attached hydrogens (primary N) is 1. The number of benzene rings is 1. The molecule has 0 amide bonds. The van der Waals surface area contributed by atoms with Crippen LogP contribution in [0, 0.1) is 6.92 Å². The highest BCUT2D eigenvalue weighted by atomic mass is 79.9. The van der Waals surface area contributed by atoms with Crippen LogP contribution in [0.2, 0.25) is 0 Å². The normalized spacial score (nSPS) is 12.4. The fourth-order valence-electron chi connectivity index (χ4n) is 1.54. The maximum absolute atomic E-state index is 5.90. The molecule has 0 radical (unpaired) electrons. The number of ether oxygens (including phenoxy) is 1. The van der Waals surface area contributed by atoms with Gasteiger partial charge in [0.1, 0.15) is 23.7 Å². The Bertz CT molecular complexity index is 540. The molecule has 0 fully saturated rings. The average molecular weight is 312 g/mol. The van der Waals surface area contributed by atoms with Gasteiger partial charge in [-0.2, -0.15) is 0 Å². The van der Waals surface area contributed by atoms with Gasteiger partial charge in [0, 0.05) is 16.1 Å². The van der Waals surface area contributed by atoms with Crippen LogP contribution in [0.15, 0.2) is 27.3 Å². The summed E-state index contributed by atoms with van der Waals surface area (Å²) in [6.45, 7) is 4.05. The van der Waals surface area contributed by atoms with E-state index in [0.717, 1.165) is 21.5 Å². The zero-order valence-electron chi connectivity index (χ0n) is 10.2. The van der Waals surface area contributed by atoms with Crippen LogP contribution < -0.4 is 10.5 Å². The molecule has 96 valence electrons. The summed E-state index contributed by atoms with van der Waals surface area (Å²) in [6.07, 6.45) is 0. The second-order valence-corrected chi connectivity index (χ2v) is 4.97. The van der Waals surface area contributed by atoms with Crippen LogP contribution in [0.4, 0.5) is 0 Å². The molecular formula is C12H14BrN3O2. The number of nitrogens with zero attached hydrogens (tertiary/aromatic N) is 2. The monoisotopic (exact) mass is 311 g/mol. The zero-order chi connectivity index (χ0) is 13.1. The topological polar surface area (TPSA) is 74.2 Å². The van der Waals surface area contributed by atoms with Crippen LogP contribution in [0.1, 0.15) is 29.9 Å². The molecule has 0 aliphatic carbocycles. The van der Waals surface area contributed by atoms with Crippen molar-refractivity contribution in [3.8, 4) is 5.75 Å². The van der Waals surface area contributed by atoms with Crippen molar-refractivity contribution in [3.63, 3.8) is 0 Å². The fraction of sp³-hybridized carbons (Fsp3) is 0.333. The second kappa shape index (κ2) is 5.49. The van der Waals surface area contributed by atoms with Crippen LogP contribution in [-0.4, -0.2) is 10.3 Å². The first-order chi connectivity index (χ1) is 8.58. The largest absolute Gasteiger partial charge is 0.487 e. The Morgan fingerprint density at radius 2 is 2.22 bits per heavy atom. The Kier molecular flexibility index (Phi) is 3.98. The van der Waals surface area contributed by atoms with Crippen molar-refractivity contribution >= 4 is 15.9 Å². The minimum absolute atomic E-state index is 0.0929. The third-order valence-corrected chi connectivity index (χ3v) is 3.07. The number of halogens is 1. The standard InChI is InChI=1S/C12H14BrN3O2/c1-7(14)10-4-3-9(13)5-12(10)17-6-11-8(2)15-18-16-11/h3-5,7H,6,14H2,1-2H3/t7-/m0/s1. The first kappa shape index (κ1) is 13.0. The van der Waals surface area contributed by atoms with Gasteiger partial charge < -0.3 is 10.5 Å². The van der Waals surface area contributed by atoms with Crippen molar-refractivity contribution in [2.75, 3.05) is 0 Å². The Labute approximate surface area is 113 Å². The van der Waals surface area contributed by atoms with E-state index >= 15 is 0 Å². The third-order valence-electron chi connectivity index (χ3n) is 2.58. The van der Waals surface area contributed by atoms with E-state index in [-0.39, 0.29) is 6.04 Å². The fourth-order valence-corrected chi connectivity index (χ4v) is 1.88. The Balaban J connectivity index is 2.18. The molecule has 2 N–H and O–H groups in total. The number of rotatable bonds is 4. The van der Waals surface area contributed by atoms with E-state index in [1.807, 2.05) is 32.0 Å². The zero-order valence-corrected chi connectivity index (χ0v) is 11.8. The van der Waals surface area contributed by atoms with Crippen LogP contribution in [0.25, 0.3) is 0 Å². The van der Waals surface area contributed by atoms with Crippen molar-refractivity contribution < 1.29 is 9.37 Å². The summed E-state index contributed by atoms with van der Waals surface area (Å²) in [7, 11) is 0. The molecule has 0 aliphatic rings. The number of aryl methyl sites for hydroxylation is 1. The number of hydrogen-bond donors (Lipinski definition) is 1. The van der Waals surface area contributed by atoms with E-state index in [9.17, 15) is 0 Å². The van der Waals surface area contributed by atoms with E-state index in [4.69, 9.17) is 10.5 Å². The van der Waals surface area contributed by atoms with Crippen LogP contribution >= 0.6 is 15.9 Å². The minimum Gasteiger partial charge on any atom is -0.487 e. The van der Waals surface area contributed by atoms with E-state index in [1.165, 1.54) is 0 Å². The number of hydrogen-bond acceptors (Lipinski definition) is 5. The summed E-state index contributed by atoms with van der Waals surface area (Å²) in [4.78, 5) is 0. The van der Waals surface area contributed by atoms with Crippen molar-refractivity contribution in [1.29, 1.82) is 0 Å². The lowest BCUT2D eigenvalue weighted by Crippen LogP contribution is -2.08. The molecule has 1 heterocycles. The van der Waals surface area contributed by atoms with Crippen LogP contribution in [0.5, 0.6) is 5.75 Å². The van der Waals surface area contributed by atoms with Crippen molar-refractivity contribution in [2.24, 2.45) is 5.73 Å². The van der Waals surface area contributed by atoms with Gasteiger partial charge in [-0.1, -0.05) is 32.3 Å². The molecule has 0 saturated heterocycles. The molecule has 0 aliphatic heterocycles. The van der Waals surface area contributed by atoms with Crippen molar-refractivity contribution in [2.45, 2.75) is 26.5 Å². The Morgan fingerprint density at radius 3 is 2.83 bits per heavy atom. The van der Waals surface area contributed by atoms with Gasteiger partial charge in [0.15, 0.2) is 0 Å². The van der Waals surface area contributed by atoms with Crippen LogP contribution in [-0.2, 0) is 6.61 Å². The molecule has 0 saturated carbocycles. The predicted octanol–water partition coefficient (Wildman–Crippen LogP) is 2.74. The molecule has 6 heteroatoms. The molecule has 2 aromatic rings. The molecule has 0 unspecified atom stereocenters. The first-order valence-electron chi connectivity index (χ1n) is 5.54. The van der Waals surface area contributed by atoms with Crippen LogP contribution in [0.3, 0.4) is 0 Å². The van der Waals surface area contributed by atoms with Gasteiger partial charge in [-0.25, -0.2) is 4.63 Å². The van der Waals surface area contributed by atoms with Gasteiger partial charge in [-0.15, -0.1) is 0 Å². The second-order valence-electron chi connectivity index (χ2n) is 4.06. The van der Waals surface area contributed by atoms with Crippen molar-refractivity contribution in [3.05, 3.63) is 39.6 Å². The highest BCUT2D eigenvalue weighted by Gasteiger charge is 2.11. The SMILES string of the molecule is Cc1nonc1COc1cc(Br)ccc1[C@H](C)N. The molecule has 1 aromatic heterocycles. The maximum atomic E-state index is 5.90. The quantitative estimate of drug-likeness (QED) is 0.939. The molecule has 5 nitrogen and oxygen atoms in total. The molecule has 1 atom stereocenters. The predicted molar refractivity (Wildman–Crippen MR) is 70.1 cm³/mol. The molecule has 18 heavy (non-hydrogen) atoms. The van der Waals surface area contributed by atoms with Gasteiger partial charge in [-0.3, -0.25) is 0 Å². The minimum atomic E-state index is -0.0929. The Morgan fingerprint density at radius 1 is 1.44 bits per heavy atom. The van der Waals surface area contributed by atoms with Gasteiger partial charge in [0.25, 0.3) is 0 Å². The lowest BCUT2D eigenvalue weighted by Gasteiger charge is -2.13. The summed E-state index contributed by atoms with van der Waals surface area (Å²) >= 11 is 3.41. The van der Waals surface area contributed by atoms with Gasteiger partial charge in [0.05, 0.1) is 0 Å².